The van der Waals surface area contributed by atoms with Crippen LogP contribution >= 0.6 is 0 Å². The topological polar surface area (TPSA) is 96.3 Å². The first kappa shape index (κ1) is 19.9. The summed E-state index contributed by atoms with van der Waals surface area (Å²) in [5, 5.41) is 14.9. The zero-order valence-corrected chi connectivity index (χ0v) is 16.2. The lowest BCUT2D eigenvalue weighted by Gasteiger charge is -2.26. The second kappa shape index (κ2) is 9.39. The van der Waals surface area contributed by atoms with Crippen LogP contribution in [-0.2, 0) is 11.3 Å². The second-order valence-corrected chi connectivity index (χ2v) is 7.36. The molecule has 1 aliphatic rings. The van der Waals surface area contributed by atoms with E-state index in [0.717, 1.165) is 30.8 Å². The summed E-state index contributed by atoms with van der Waals surface area (Å²) in [7, 11) is 0. The van der Waals surface area contributed by atoms with Gasteiger partial charge in [-0.1, -0.05) is 25.5 Å². The van der Waals surface area contributed by atoms with E-state index in [-0.39, 0.29) is 18.0 Å². The summed E-state index contributed by atoms with van der Waals surface area (Å²) in [5.74, 6) is -0.129. The molecular weight excluding hydrogens is 356 g/mol. The lowest BCUT2D eigenvalue weighted by molar-refractivity contribution is -0.142. The van der Waals surface area contributed by atoms with E-state index in [0.29, 0.717) is 31.4 Å². The van der Waals surface area contributed by atoms with Crippen LogP contribution in [0.4, 0.5) is 10.5 Å². The number of carbonyl (C=O) groups is 2. The molecule has 7 nitrogen and oxygen atoms in total. The number of urea groups is 1. The number of nitrogens with one attached hydrogen (secondary N) is 2. The van der Waals surface area contributed by atoms with E-state index < -0.39 is 5.97 Å². The Morgan fingerprint density at radius 1 is 1.25 bits per heavy atom. The van der Waals surface area contributed by atoms with Gasteiger partial charge in [0.2, 0.25) is 0 Å². The van der Waals surface area contributed by atoms with Crippen LogP contribution < -0.4 is 10.6 Å². The third-order valence-electron chi connectivity index (χ3n) is 5.26. The third kappa shape index (κ3) is 5.12. The highest BCUT2D eigenvalue weighted by Gasteiger charge is 2.26. The molecule has 0 atom stereocenters. The van der Waals surface area contributed by atoms with Crippen molar-refractivity contribution in [2.24, 2.45) is 5.92 Å². The Morgan fingerprint density at radius 2 is 2.04 bits per heavy atom. The van der Waals surface area contributed by atoms with Gasteiger partial charge in [0.25, 0.3) is 0 Å². The van der Waals surface area contributed by atoms with Gasteiger partial charge in [-0.25, -0.2) is 9.78 Å². The number of hydrogen-bond acceptors (Lipinski definition) is 3. The Morgan fingerprint density at radius 3 is 2.75 bits per heavy atom. The normalized spacial score (nSPS) is 19.2. The van der Waals surface area contributed by atoms with Crippen molar-refractivity contribution in [3.8, 4) is 11.4 Å². The van der Waals surface area contributed by atoms with Gasteiger partial charge < -0.3 is 20.3 Å². The molecule has 1 aromatic carbocycles. The minimum absolute atomic E-state index is 0.0201. The molecule has 7 heteroatoms. The lowest BCUT2D eigenvalue weighted by Crippen LogP contribution is -2.40. The molecule has 150 valence electrons. The number of hydrogen-bond donors (Lipinski definition) is 3. The Hall–Kier alpha value is -2.83. The van der Waals surface area contributed by atoms with Crippen molar-refractivity contribution in [1.29, 1.82) is 0 Å². The maximum atomic E-state index is 12.3. The number of nitrogens with zero attached hydrogens (tertiary/aromatic N) is 2. The van der Waals surface area contributed by atoms with Gasteiger partial charge in [0.05, 0.1) is 5.92 Å². The van der Waals surface area contributed by atoms with Gasteiger partial charge in [0, 0.05) is 36.2 Å². The Bertz CT molecular complexity index is 809. The Labute approximate surface area is 165 Å². The third-order valence-corrected chi connectivity index (χ3v) is 5.26. The van der Waals surface area contributed by atoms with Crippen LogP contribution in [0.25, 0.3) is 11.4 Å². The van der Waals surface area contributed by atoms with Gasteiger partial charge in [-0.3, -0.25) is 4.79 Å². The summed E-state index contributed by atoms with van der Waals surface area (Å²) < 4.78 is 2.13. The maximum absolute atomic E-state index is 12.3. The zero-order chi connectivity index (χ0) is 19.9. The maximum Gasteiger partial charge on any atom is 0.319 e. The summed E-state index contributed by atoms with van der Waals surface area (Å²) in [5.41, 5.74) is 1.67. The predicted molar refractivity (Wildman–Crippen MR) is 108 cm³/mol. The zero-order valence-electron chi connectivity index (χ0n) is 16.2. The number of imidazole rings is 1. The molecule has 2 aromatic rings. The number of carboxylic acid groups (broad SMARTS) is 1. The number of benzene rings is 1. The lowest BCUT2D eigenvalue weighted by atomic mass is 9.86. The van der Waals surface area contributed by atoms with Crippen LogP contribution in [0.5, 0.6) is 0 Å². The fourth-order valence-electron chi connectivity index (χ4n) is 3.65. The number of anilines is 1. The van der Waals surface area contributed by atoms with Crippen LogP contribution in [0.3, 0.4) is 0 Å². The Kier molecular flexibility index (Phi) is 6.68. The molecule has 1 aliphatic carbocycles. The minimum Gasteiger partial charge on any atom is -0.481 e. The van der Waals surface area contributed by atoms with Gasteiger partial charge in [-0.2, -0.15) is 0 Å². The SMILES string of the molecule is CCCCn1ccnc1-c1cccc(NC(=O)NC2CCC(C(=O)O)CC2)c1. The molecule has 0 aliphatic heterocycles. The van der Waals surface area contributed by atoms with Crippen LogP contribution in [0, 0.1) is 5.92 Å². The Balaban J connectivity index is 1.58. The van der Waals surface area contributed by atoms with Crippen molar-refractivity contribution in [3.05, 3.63) is 36.7 Å². The summed E-state index contributed by atoms with van der Waals surface area (Å²) in [6.07, 6.45) is 8.59. The molecule has 3 rings (SSSR count). The molecule has 2 amide bonds. The number of rotatable bonds is 7. The number of carboxylic acids is 1. The number of carbonyl (C=O) groups excluding carboxylic acids is 1. The number of aliphatic carboxylic acids is 1. The van der Waals surface area contributed by atoms with E-state index in [1.54, 1.807) is 6.20 Å². The van der Waals surface area contributed by atoms with Crippen LogP contribution in [0.2, 0.25) is 0 Å². The van der Waals surface area contributed by atoms with Crippen LogP contribution in [0.1, 0.15) is 45.4 Å². The van der Waals surface area contributed by atoms with Crippen molar-refractivity contribution < 1.29 is 14.7 Å². The molecule has 0 spiro atoms. The minimum atomic E-state index is -0.739. The molecule has 0 bridgehead atoms. The fourth-order valence-corrected chi connectivity index (χ4v) is 3.65. The van der Waals surface area contributed by atoms with E-state index in [1.807, 2.05) is 30.5 Å². The fraction of sp³-hybridized carbons (Fsp3) is 0.476. The molecule has 1 saturated carbocycles. The molecule has 28 heavy (non-hydrogen) atoms. The monoisotopic (exact) mass is 384 g/mol. The van der Waals surface area contributed by atoms with Crippen LogP contribution in [0.15, 0.2) is 36.7 Å². The molecule has 1 heterocycles. The quantitative estimate of drug-likeness (QED) is 0.669. The first-order valence-corrected chi connectivity index (χ1v) is 9.98. The second-order valence-electron chi connectivity index (χ2n) is 7.36. The molecule has 3 N–H and O–H groups in total. The number of unbranched alkanes of at least 4 members (excludes halogenated alkanes) is 1. The van der Waals surface area contributed by atoms with Crippen molar-refractivity contribution in [3.63, 3.8) is 0 Å². The van der Waals surface area contributed by atoms with Crippen molar-refractivity contribution in [1.82, 2.24) is 14.9 Å². The van der Waals surface area contributed by atoms with E-state index in [4.69, 9.17) is 5.11 Å². The summed E-state index contributed by atoms with van der Waals surface area (Å²) in [6, 6.07) is 7.43. The predicted octanol–water partition coefficient (Wildman–Crippen LogP) is 4.12. The molecule has 0 radical (unpaired) electrons. The summed E-state index contributed by atoms with van der Waals surface area (Å²) >= 11 is 0. The van der Waals surface area contributed by atoms with Crippen LogP contribution in [-0.4, -0.2) is 32.7 Å². The average molecular weight is 384 g/mol. The highest BCUT2D eigenvalue weighted by atomic mass is 16.4. The smallest absolute Gasteiger partial charge is 0.319 e. The van der Waals surface area contributed by atoms with Crippen molar-refractivity contribution in [2.45, 2.75) is 58.0 Å². The first-order valence-electron chi connectivity index (χ1n) is 9.98. The summed E-state index contributed by atoms with van der Waals surface area (Å²) in [6.45, 7) is 3.08. The average Bonchev–Trinajstić information content (AvgIpc) is 3.15. The molecule has 0 unspecified atom stereocenters. The standard InChI is InChI=1S/C21H28N4O3/c1-2-3-12-25-13-11-22-19(25)16-5-4-6-18(14-16)24-21(28)23-17-9-7-15(8-10-17)20(26)27/h4-6,11,13-15,17H,2-3,7-10,12H2,1H3,(H,26,27)(H2,23,24,28). The van der Waals surface area contributed by atoms with E-state index in [2.05, 4.69) is 27.1 Å². The van der Waals surface area contributed by atoms with Gasteiger partial charge in [-0.15, -0.1) is 0 Å². The first-order chi connectivity index (χ1) is 13.6. The highest BCUT2D eigenvalue weighted by Crippen LogP contribution is 2.25. The van der Waals surface area contributed by atoms with Gasteiger partial charge >= 0.3 is 12.0 Å². The largest absolute Gasteiger partial charge is 0.481 e. The van der Waals surface area contributed by atoms with Crippen molar-refractivity contribution in [2.75, 3.05) is 5.32 Å². The summed E-state index contributed by atoms with van der Waals surface area (Å²) in [4.78, 5) is 27.8. The van der Waals surface area contributed by atoms with E-state index >= 15 is 0 Å². The molecular formula is C21H28N4O3. The molecule has 0 saturated heterocycles. The number of aromatic nitrogens is 2. The molecule has 1 fully saturated rings. The highest BCUT2D eigenvalue weighted by molar-refractivity contribution is 5.90. The van der Waals surface area contributed by atoms with Gasteiger partial charge in [0.15, 0.2) is 0 Å². The van der Waals surface area contributed by atoms with Gasteiger partial charge in [-0.05, 0) is 44.2 Å². The van der Waals surface area contributed by atoms with Crippen molar-refractivity contribution >= 4 is 17.7 Å². The van der Waals surface area contributed by atoms with E-state index in [1.165, 1.54) is 0 Å². The number of amides is 2. The number of aryl methyl sites for hydroxylation is 1. The van der Waals surface area contributed by atoms with E-state index in [9.17, 15) is 9.59 Å². The van der Waals surface area contributed by atoms with Gasteiger partial charge in [0.1, 0.15) is 5.82 Å². The molecule has 1 aromatic heterocycles.